The van der Waals surface area contributed by atoms with Gasteiger partial charge in [-0.1, -0.05) is 60.7 Å². The number of rotatable bonds is 6. The Labute approximate surface area is 175 Å². The van der Waals surface area contributed by atoms with Gasteiger partial charge < -0.3 is 4.74 Å². The Hall–Kier alpha value is -3.44. The van der Waals surface area contributed by atoms with Gasteiger partial charge in [0.15, 0.2) is 17.6 Å². The number of nitrogens with one attached hydrogen (secondary N) is 1. The van der Waals surface area contributed by atoms with Crippen molar-refractivity contribution >= 4 is 23.3 Å². The number of hydrogen-bond donors (Lipinski definition) is 1. The predicted molar refractivity (Wildman–Crippen MR) is 116 cm³/mol. The van der Waals surface area contributed by atoms with Crippen LogP contribution in [0.15, 0.2) is 78.9 Å². The smallest absolute Gasteiger partial charge is 0.357 e. The summed E-state index contributed by atoms with van der Waals surface area (Å²) < 4.78 is 5.12. The topological polar surface area (TPSA) is 55.4 Å². The van der Waals surface area contributed by atoms with Gasteiger partial charge in [-0.05, 0) is 24.6 Å². The third-order valence-corrected chi connectivity index (χ3v) is 6.05. The van der Waals surface area contributed by atoms with E-state index in [1.165, 1.54) is 0 Å². The van der Waals surface area contributed by atoms with Crippen molar-refractivity contribution in [1.82, 2.24) is 4.59 Å². The van der Waals surface area contributed by atoms with E-state index in [9.17, 15) is 9.59 Å². The number of benzene rings is 3. The van der Waals surface area contributed by atoms with Crippen molar-refractivity contribution in [3.8, 4) is 0 Å². The average Bonchev–Trinajstić information content (AvgIpc) is 3.20. The molecule has 0 aliphatic carbocycles. The van der Waals surface area contributed by atoms with Gasteiger partial charge in [-0.25, -0.2) is 10.2 Å². The molecule has 5 heteroatoms. The Balaban J connectivity index is 1.48. The highest BCUT2D eigenvalue weighted by molar-refractivity contribution is 6.09. The quantitative estimate of drug-likeness (QED) is 0.377. The van der Waals surface area contributed by atoms with Gasteiger partial charge in [-0.15, -0.1) is 4.59 Å². The fourth-order valence-electron chi connectivity index (χ4n) is 4.81. The van der Waals surface area contributed by atoms with Gasteiger partial charge in [0, 0.05) is 17.2 Å². The van der Waals surface area contributed by atoms with E-state index in [4.69, 9.17) is 4.74 Å². The number of nitrogens with zero attached hydrogens (tertiary/aromatic N) is 1. The van der Waals surface area contributed by atoms with E-state index < -0.39 is 0 Å². The normalized spacial score (nSPS) is 23.4. The zero-order valence-electron chi connectivity index (χ0n) is 16.7. The summed E-state index contributed by atoms with van der Waals surface area (Å²) in [7, 11) is 0. The molecule has 1 saturated heterocycles. The second-order valence-electron chi connectivity index (χ2n) is 7.74. The molecule has 3 aromatic rings. The first-order chi connectivity index (χ1) is 14.6. The minimum Gasteiger partial charge on any atom is -0.466 e. The zero-order chi connectivity index (χ0) is 20.7. The van der Waals surface area contributed by atoms with Crippen LogP contribution in [0.4, 0.5) is 11.4 Å². The summed E-state index contributed by atoms with van der Waals surface area (Å²) in [4.78, 5) is 25.1. The van der Waals surface area contributed by atoms with Crippen molar-refractivity contribution in [3.05, 3.63) is 95.6 Å². The first kappa shape index (κ1) is 18.6. The first-order valence-corrected chi connectivity index (χ1v) is 10.3. The Kier molecular flexibility index (Phi) is 4.40. The lowest BCUT2D eigenvalue weighted by molar-refractivity contribution is -0.143. The largest absolute Gasteiger partial charge is 0.466 e. The summed E-state index contributed by atoms with van der Waals surface area (Å²) in [5.74, 6) is -0.196. The minimum absolute atomic E-state index is 0.00954. The number of amides is 1. The summed E-state index contributed by atoms with van der Waals surface area (Å²) >= 11 is 0. The summed E-state index contributed by atoms with van der Waals surface area (Å²) in [5.41, 5.74) is 8.49. The van der Waals surface area contributed by atoms with Crippen molar-refractivity contribution in [3.63, 3.8) is 0 Å². The molecule has 1 N–H and O–H groups in total. The van der Waals surface area contributed by atoms with Crippen LogP contribution in [0.5, 0.6) is 0 Å². The number of hydrogen-bond acceptors (Lipinski definition) is 4. The highest BCUT2D eigenvalue weighted by Crippen LogP contribution is 2.63. The lowest BCUT2D eigenvalue weighted by Gasteiger charge is -2.45. The first-order valence-electron chi connectivity index (χ1n) is 10.3. The molecular formula is C25H23N2O3+. The van der Waals surface area contributed by atoms with E-state index in [0.29, 0.717) is 6.61 Å². The molecule has 5 rings (SSSR count). The number of ether oxygens (including phenoxy) is 1. The van der Waals surface area contributed by atoms with Gasteiger partial charge >= 0.3 is 11.9 Å². The molecule has 0 aromatic heterocycles. The molecule has 0 saturated carbocycles. The van der Waals surface area contributed by atoms with E-state index >= 15 is 0 Å². The fraction of sp³-hybridized carbons (Fsp3) is 0.200. The molecule has 2 aliphatic heterocycles. The molecule has 2 heterocycles. The van der Waals surface area contributed by atoms with Crippen molar-refractivity contribution in [2.45, 2.75) is 25.3 Å². The lowest BCUT2D eigenvalue weighted by Crippen LogP contribution is -2.68. The van der Waals surface area contributed by atoms with E-state index in [2.05, 4.69) is 23.6 Å². The summed E-state index contributed by atoms with van der Waals surface area (Å²) in [6.07, 6.45) is 0.241. The van der Waals surface area contributed by atoms with E-state index in [-0.39, 0.29) is 34.8 Å². The van der Waals surface area contributed by atoms with Crippen LogP contribution in [-0.2, 0) is 20.7 Å². The van der Waals surface area contributed by atoms with Crippen LogP contribution in [0.1, 0.15) is 35.6 Å². The molecule has 150 valence electrons. The maximum Gasteiger partial charge on any atom is 0.357 e. The monoisotopic (exact) mass is 399 g/mol. The van der Waals surface area contributed by atoms with Gasteiger partial charge in [0.2, 0.25) is 0 Å². The number of fused-ring (bicyclic) bond motifs is 5. The predicted octanol–water partition coefficient (Wildman–Crippen LogP) is 4.51. The molecule has 3 unspecified atom stereocenters. The number of carbonyl (C=O) groups is 2. The standard InChI is InChI=1S/C25H23N2O3/c1-2-30-22(28)16-17-12-14-19(15-13-17)26-27-21-11-7-6-10-20(21)23(25(27)29)24(27)18-8-4-3-5-9-18/h3-15,23-24,26H,2,16H2,1H3/q+1. The average molecular weight is 399 g/mol. The molecular weight excluding hydrogens is 376 g/mol. The molecule has 5 nitrogen and oxygen atoms in total. The van der Waals surface area contributed by atoms with E-state index in [1.54, 1.807) is 6.92 Å². The second kappa shape index (κ2) is 7.11. The van der Waals surface area contributed by atoms with Crippen LogP contribution in [0.3, 0.4) is 0 Å². The van der Waals surface area contributed by atoms with Crippen LogP contribution in [0, 0.1) is 0 Å². The van der Waals surface area contributed by atoms with Crippen LogP contribution < -0.4 is 10.0 Å². The Bertz CT molecular complexity index is 1110. The SMILES string of the molecule is CCOC(=O)Cc1ccc(N[N+]23C(=O)C(c4ccccc42)C3c2ccccc2)cc1. The number of carbonyl (C=O) groups excluding carboxylic acids is 2. The van der Waals surface area contributed by atoms with Gasteiger partial charge in [0.1, 0.15) is 0 Å². The Morgan fingerprint density at radius 2 is 1.67 bits per heavy atom. The maximum atomic E-state index is 13.3. The molecule has 0 radical (unpaired) electrons. The van der Waals surface area contributed by atoms with Gasteiger partial charge in [-0.3, -0.25) is 4.79 Å². The molecule has 2 aliphatic rings. The van der Waals surface area contributed by atoms with Gasteiger partial charge in [-0.2, -0.15) is 0 Å². The fourth-order valence-corrected chi connectivity index (χ4v) is 4.81. The van der Waals surface area contributed by atoms with Crippen molar-refractivity contribution in [2.75, 3.05) is 12.0 Å². The lowest BCUT2D eigenvalue weighted by atomic mass is 9.83. The minimum atomic E-state index is -0.238. The number of anilines is 1. The van der Waals surface area contributed by atoms with Crippen molar-refractivity contribution < 1.29 is 14.3 Å². The molecule has 30 heavy (non-hydrogen) atoms. The van der Waals surface area contributed by atoms with Crippen LogP contribution in [0.2, 0.25) is 0 Å². The Morgan fingerprint density at radius 1 is 0.967 bits per heavy atom. The Morgan fingerprint density at radius 3 is 2.40 bits per heavy atom. The van der Waals surface area contributed by atoms with Crippen LogP contribution in [0.25, 0.3) is 0 Å². The molecule has 1 fully saturated rings. The van der Waals surface area contributed by atoms with Gasteiger partial charge in [0.25, 0.3) is 0 Å². The summed E-state index contributed by atoms with van der Waals surface area (Å²) in [5, 5.41) is 0. The number of esters is 1. The van der Waals surface area contributed by atoms with Crippen molar-refractivity contribution in [1.29, 1.82) is 0 Å². The zero-order valence-corrected chi connectivity index (χ0v) is 16.7. The third-order valence-electron chi connectivity index (χ3n) is 6.05. The second-order valence-corrected chi connectivity index (χ2v) is 7.74. The van der Waals surface area contributed by atoms with E-state index in [1.807, 2.05) is 60.7 Å². The van der Waals surface area contributed by atoms with Crippen molar-refractivity contribution in [2.24, 2.45) is 0 Å². The highest BCUT2D eigenvalue weighted by atomic mass is 16.5. The number of β-lactam (4-membered cyclic amide) rings is 1. The summed E-state index contributed by atoms with van der Waals surface area (Å²) in [6.45, 7) is 2.18. The van der Waals surface area contributed by atoms with Crippen LogP contribution in [-0.4, -0.2) is 18.5 Å². The van der Waals surface area contributed by atoms with Crippen LogP contribution >= 0.6 is 0 Å². The molecule has 3 atom stereocenters. The molecule has 2 bridgehead atoms. The number of para-hydroxylation sites is 1. The molecule has 1 amide bonds. The maximum absolute atomic E-state index is 13.3. The van der Waals surface area contributed by atoms with E-state index in [0.717, 1.165) is 28.1 Å². The third kappa shape index (κ3) is 2.66. The molecule has 0 spiro atoms. The molecule has 3 aromatic carbocycles. The number of quaternary nitrogens is 1. The highest BCUT2D eigenvalue weighted by Gasteiger charge is 2.74. The van der Waals surface area contributed by atoms with Gasteiger partial charge in [0.05, 0.1) is 18.7 Å². The summed E-state index contributed by atoms with van der Waals surface area (Å²) in [6, 6.07) is 25.9.